The molecular weight excluding hydrogens is 448 g/mol. The number of amides is 2. The van der Waals surface area contributed by atoms with Gasteiger partial charge in [0.1, 0.15) is 5.69 Å². The maximum atomic E-state index is 13.3. The van der Waals surface area contributed by atoms with E-state index >= 15 is 0 Å². The number of nitrogens with zero attached hydrogens (tertiary/aromatic N) is 4. The maximum absolute atomic E-state index is 13.3. The van der Waals surface area contributed by atoms with Crippen molar-refractivity contribution < 1.29 is 19.2 Å². The number of rotatable bonds is 9. The number of hydrogen-bond donors (Lipinski definition) is 2. The smallest absolute Gasteiger partial charge is 0.310 e. The van der Waals surface area contributed by atoms with Crippen molar-refractivity contribution in [3.05, 3.63) is 96.4 Å². The fraction of sp³-hybridized carbons (Fsp3) is 0.120. The molecule has 10 nitrogen and oxygen atoms in total. The molecular formula is C25H22N6O4. The molecule has 1 aromatic carbocycles. The lowest BCUT2D eigenvalue weighted by molar-refractivity contribution is -0.144. The van der Waals surface area contributed by atoms with Gasteiger partial charge in [-0.2, -0.15) is 5.10 Å². The first-order valence-corrected chi connectivity index (χ1v) is 10.7. The van der Waals surface area contributed by atoms with Crippen LogP contribution in [0.2, 0.25) is 0 Å². The van der Waals surface area contributed by atoms with Gasteiger partial charge in [-0.1, -0.05) is 36.4 Å². The minimum absolute atomic E-state index is 0.248. The van der Waals surface area contributed by atoms with Crippen molar-refractivity contribution in [2.75, 3.05) is 7.11 Å². The SMILES string of the molecule is CONC(=O)C(=O)CC(NC(=O)c1cccnc1-n1ccc(-c2ccccn2)n1)c1ccccc1. The molecule has 4 aromatic rings. The van der Waals surface area contributed by atoms with Gasteiger partial charge in [-0.05, 0) is 35.9 Å². The fourth-order valence-corrected chi connectivity index (χ4v) is 3.45. The molecule has 3 heterocycles. The van der Waals surface area contributed by atoms with Gasteiger partial charge in [0.15, 0.2) is 5.82 Å². The Morgan fingerprint density at radius 1 is 0.914 bits per heavy atom. The molecule has 0 aliphatic carbocycles. The predicted octanol–water partition coefficient (Wildman–Crippen LogP) is 2.44. The molecule has 0 aliphatic rings. The number of carbonyl (C=O) groups excluding carboxylic acids is 3. The molecule has 4 rings (SSSR count). The van der Waals surface area contributed by atoms with Crippen LogP contribution in [-0.2, 0) is 14.4 Å². The van der Waals surface area contributed by atoms with Crippen molar-refractivity contribution in [2.45, 2.75) is 12.5 Å². The molecule has 3 aromatic heterocycles. The average molecular weight is 470 g/mol. The van der Waals surface area contributed by atoms with Gasteiger partial charge in [0.2, 0.25) is 5.78 Å². The van der Waals surface area contributed by atoms with Crippen molar-refractivity contribution >= 4 is 17.6 Å². The molecule has 1 atom stereocenters. The first-order chi connectivity index (χ1) is 17.1. The van der Waals surface area contributed by atoms with Crippen LogP contribution in [-0.4, -0.2) is 44.5 Å². The van der Waals surface area contributed by atoms with Crippen molar-refractivity contribution in [3.63, 3.8) is 0 Å². The van der Waals surface area contributed by atoms with Gasteiger partial charge in [0, 0.05) is 25.0 Å². The van der Waals surface area contributed by atoms with Gasteiger partial charge in [-0.25, -0.2) is 15.1 Å². The van der Waals surface area contributed by atoms with Crippen LogP contribution in [0.1, 0.15) is 28.4 Å². The van der Waals surface area contributed by atoms with E-state index in [9.17, 15) is 14.4 Å². The number of hydroxylamine groups is 1. The Balaban J connectivity index is 1.60. The van der Waals surface area contributed by atoms with Crippen LogP contribution in [0.3, 0.4) is 0 Å². The van der Waals surface area contributed by atoms with Gasteiger partial charge in [-0.15, -0.1) is 0 Å². The quantitative estimate of drug-likeness (QED) is 0.284. The third-order valence-corrected chi connectivity index (χ3v) is 5.11. The molecule has 0 spiro atoms. The third-order valence-electron chi connectivity index (χ3n) is 5.11. The summed E-state index contributed by atoms with van der Waals surface area (Å²) in [5.74, 6) is -1.80. The van der Waals surface area contributed by atoms with E-state index in [0.29, 0.717) is 22.8 Å². The number of carbonyl (C=O) groups is 3. The average Bonchev–Trinajstić information content (AvgIpc) is 3.40. The summed E-state index contributed by atoms with van der Waals surface area (Å²) in [5.41, 5.74) is 4.23. The lowest BCUT2D eigenvalue weighted by atomic mass is 10.0. The number of pyridine rings is 2. The summed E-state index contributed by atoms with van der Waals surface area (Å²) in [6, 6.07) is 18.7. The van der Waals surface area contributed by atoms with Gasteiger partial charge in [-0.3, -0.25) is 24.2 Å². The summed E-state index contributed by atoms with van der Waals surface area (Å²) in [6.07, 6.45) is 4.66. The number of hydrogen-bond acceptors (Lipinski definition) is 7. The molecule has 0 radical (unpaired) electrons. The zero-order chi connectivity index (χ0) is 24.6. The zero-order valence-corrected chi connectivity index (χ0v) is 18.8. The summed E-state index contributed by atoms with van der Waals surface area (Å²) >= 11 is 0. The number of ketones is 1. The Morgan fingerprint density at radius 2 is 1.69 bits per heavy atom. The van der Waals surface area contributed by atoms with Crippen LogP contribution >= 0.6 is 0 Å². The van der Waals surface area contributed by atoms with Crippen LogP contribution in [0.4, 0.5) is 0 Å². The lowest BCUT2D eigenvalue weighted by Gasteiger charge is -2.19. The summed E-state index contributed by atoms with van der Waals surface area (Å²) < 4.78 is 1.49. The van der Waals surface area contributed by atoms with E-state index in [4.69, 9.17) is 0 Å². The Morgan fingerprint density at radius 3 is 2.43 bits per heavy atom. The summed E-state index contributed by atoms with van der Waals surface area (Å²) in [4.78, 5) is 50.8. The topological polar surface area (TPSA) is 128 Å². The van der Waals surface area contributed by atoms with Crippen molar-refractivity contribution in [3.8, 4) is 17.2 Å². The molecule has 0 saturated carbocycles. The minimum atomic E-state index is -0.900. The summed E-state index contributed by atoms with van der Waals surface area (Å²) in [5, 5.41) is 7.37. The minimum Gasteiger partial charge on any atom is -0.345 e. The number of nitrogens with one attached hydrogen (secondary N) is 2. The van der Waals surface area contributed by atoms with E-state index in [1.54, 1.807) is 61.1 Å². The molecule has 35 heavy (non-hydrogen) atoms. The first kappa shape index (κ1) is 23.5. The van der Waals surface area contributed by atoms with E-state index in [0.717, 1.165) is 0 Å². The Hall–Kier alpha value is -4.70. The van der Waals surface area contributed by atoms with Crippen molar-refractivity contribution in [1.29, 1.82) is 0 Å². The Kier molecular flexibility index (Phi) is 7.34. The van der Waals surface area contributed by atoms with E-state index in [2.05, 4.69) is 25.2 Å². The highest BCUT2D eigenvalue weighted by Crippen LogP contribution is 2.21. The molecule has 0 fully saturated rings. The normalized spacial score (nSPS) is 11.5. The molecule has 2 N–H and O–H groups in total. The lowest BCUT2D eigenvalue weighted by Crippen LogP contribution is -2.36. The van der Waals surface area contributed by atoms with Crippen molar-refractivity contribution in [1.82, 2.24) is 30.5 Å². The van der Waals surface area contributed by atoms with Crippen LogP contribution in [0.15, 0.2) is 85.3 Å². The Labute approximate surface area is 200 Å². The molecule has 176 valence electrons. The Bertz CT molecular complexity index is 1320. The number of aromatic nitrogens is 4. The van der Waals surface area contributed by atoms with Crippen LogP contribution < -0.4 is 10.8 Å². The van der Waals surface area contributed by atoms with Crippen LogP contribution in [0, 0.1) is 0 Å². The summed E-state index contributed by atoms with van der Waals surface area (Å²) in [6.45, 7) is 0. The largest absolute Gasteiger partial charge is 0.345 e. The molecule has 0 aliphatic heterocycles. The second kappa shape index (κ2) is 10.9. The van der Waals surface area contributed by atoms with Crippen LogP contribution in [0.25, 0.3) is 17.2 Å². The molecule has 2 amide bonds. The highest BCUT2D eigenvalue weighted by Gasteiger charge is 2.25. The molecule has 0 bridgehead atoms. The number of benzene rings is 1. The second-order valence-corrected chi connectivity index (χ2v) is 7.43. The van der Waals surface area contributed by atoms with Crippen molar-refractivity contribution in [2.24, 2.45) is 0 Å². The molecule has 1 unspecified atom stereocenters. The van der Waals surface area contributed by atoms with Gasteiger partial charge in [0.05, 0.1) is 24.4 Å². The third kappa shape index (κ3) is 5.63. The molecule has 0 saturated heterocycles. The van der Waals surface area contributed by atoms with Gasteiger partial charge < -0.3 is 5.32 Å². The van der Waals surface area contributed by atoms with Gasteiger partial charge >= 0.3 is 5.91 Å². The summed E-state index contributed by atoms with van der Waals surface area (Å²) in [7, 11) is 1.24. The van der Waals surface area contributed by atoms with Gasteiger partial charge in [0.25, 0.3) is 5.91 Å². The predicted molar refractivity (Wildman–Crippen MR) is 126 cm³/mol. The standard InChI is InChI=1S/C25H22N6O4/c1-35-30-25(34)22(32)16-21(17-8-3-2-4-9-17)28-24(33)18-10-7-14-27-23(18)31-15-12-20(29-31)19-11-5-6-13-26-19/h2-15,21H,16H2,1H3,(H,28,33)(H,30,34). The molecule has 10 heteroatoms. The maximum Gasteiger partial charge on any atom is 0.310 e. The van der Waals surface area contributed by atoms with E-state index in [-0.39, 0.29) is 12.0 Å². The van der Waals surface area contributed by atoms with E-state index in [1.807, 2.05) is 29.7 Å². The van der Waals surface area contributed by atoms with E-state index < -0.39 is 23.6 Å². The van der Waals surface area contributed by atoms with Crippen LogP contribution in [0.5, 0.6) is 0 Å². The fourth-order valence-electron chi connectivity index (χ4n) is 3.45. The zero-order valence-electron chi connectivity index (χ0n) is 18.8. The monoisotopic (exact) mass is 470 g/mol. The second-order valence-electron chi connectivity index (χ2n) is 7.43. The highest BCUT2D eigenvalue weighted by atomic mass is 16.6. The number of Topliss-reactive ketones (excluding diaryl/α,β-unsaturated/α-hetero) is 1. The van der Waals surface area contributed by atoms with E-state index in [1.165, 1.54) is 11.8 Å². The first-order valence-electron chi connectivity index (χ1n) is 10.7. The highest BCUT2D eigenvalue weighted by molar-refractivity contribution is 6.36.